The van der Waals surface area contributed by atoms with Crippen molar-refractivity contribution in [2.24, 2.45) is 0 Å². The Morgan fingerprint density at radius 2 is 1.58 bits per heavy atom. The van der Waals surface area contributed by atoms with Crippen LogP contribution in [0.3, 0.4) is 0 Å². The molecular weight excluding hydrogens is 496 g/mol. The number of esters is 1. The molecule has 1 N–H and O–H groups in total. The molecule has 0 aliphatic rings. The zero-order valence-electron chi connectivity index (χ0n) is 18.9. The molecule has 1 amide bonds. The predicted molar refractivity (Wildman–Crippen MR) is 115 cm³/mol. The van der Waals surface area contributed by atoms with Gasteiger partial charge in [0, 0.05) is 17.3 Å². The molecule has 190 valence electrons. The van der Waals surface area contributed by atoms with E-state index in [2.05, 4.69) is 14.8 Å². The van der Waals surface area contributed by atoms with Crippen molar-refractivity contribution in [3.05, 3.63) is 82.2 Å². The zero-order valence-corrected chi connectivity index (χ0v) is 18.9. The van der Waals surface area contributed by atoms with Crippen LogP contribution in [0.25, 0.3) is 0 Å². The Balaban J connectivity index is 2.17. The predicted octanol–water partition coefficient (Wildman–Crippen LogP) is 6.27. The van der Waals surface area contributed by atoms with Crippen LogP contribution >= 0.6 is 0 Å². The molecule has 6 nitrogen and oxygen atoms in total. The van der Waals surface area contributed by atoms with E-state index in [1.807, 2.05) is 0 Å². The Bertz CT molecular complexity index is 1340. The Morgan fingerprint density at radius 3 is 2.19 bits per heavy atom. The summed E-state index contributed by atoms with van der Waals surface area (Å²) in [4.78, 5) is 24.7. The molecule has 3 rings (SSSR count). The lowest BCUT2D eigenvalue weighted by Crippen LogP contribution is -2.20. The van der Waals surface area contributed by atoms with E-state index < -0.39 is 63.9 Å². The summed E-state index contributed by atoms with van der Waals surface area (Å²) in [6.45, 7) is 1.11. The number of amides is 1. The quantitative estimate of drug-likeness (QED) is 0.311. The largest absolute Gasteiger partial charge is 0.496 e. The van der Waals surface area contributed by atoms with Crippen molar-refractivity contribution in [1.29, 1.82) is 0 Å². The lowest BCUT2D eigenvalue weighted by Gasteiger charge is -2.19. The van der Waals surface area contributed by atoms with Gasteiger partial charge in [0.05, 0.1) is 19.8 Å². The highest BCUT2D eigenvalue weighted by atomic mass is 19.4. The molecule has 0 aliphatic heterocycles. The van der Waals surface area contributed by atoms with Gasteiger partial charge in [-0.15, -0.1) is 0 Å². The summed E-state index contributed by atoms with van der Waals surface area (Å²) in [6.07, 6.45) is -5.27. The highest BCUT2D eigenvalue weighted by Crippen LogP contribution is 2.44. The fourth-order valence-corrected chi connectivity index (χ4v) is 3.22. The number of anilines is 1. The van der Waals surface area contributed by atoms with Crippen LogP contribution in [0.4, 0.5) is 32.0 Å². The number of alkyl halides is 3. The van der Waals surface area contributed by atoms with Gasteiger partial charge >= 0.3 is 12.1 Å². The summed E-state index contributed by atoms with van der Waals surface area (Å²) >= 11 is 0. The first-order valence-corrected chi connectivity index (χ1v) is 9.98. The average Bonchev–Trinajstić information content (AvgIpc) is 2.82. The topological polar surface area (TPSA) is 73.9 Å². The molecule has 0 aromatic heterocycles. The summed E-state index contributed by atoms with van der Waals surface area (Å²) in [5, 5.41) is 2.19. The minimum absolute atomic E-state index is 0.00429. The van der Waals surface area contributed by atoms with Gasteiger partial charge in [0.1, 0.15) is 28.4 Å². The fraction of sp³-hybridized carbons (Fsp3) is 0.167. The van der Waals surface area contributed by atoms with E-state index in [4.69, 9.17) is 4.74 Å². The number of halogens is 6. The van der Waals surface area contributed by atoms with Crippen LogP contribution in [0.15, 0.2) is 42.5 Å². The highest BCUT2D eigenvalue weighted by molar-refractivity contribution is 6.07. The lowest BCUT2D eigenvalue weighted by molar-refractivity contribution is -0.141. The summed E-state index contributed by atoms with van der Waals surface area (Å²) < 4.78 is 98.3. The molecule has 0 bridgehead atoms. The molecule has 0 atom stereocenters. The normalized spacial score (nSPS) is 11.1. The van der Waals surface area contributed by atoms with Crippen LogP contribution in [0, 0.1) is 24.4 Å². The molecule has 0 unspecified atom stereocenters. The molecule has 3 aromatic carbocycles. The van der Waals surface area contributed by atoms with E-state index in [1.165, 1.54) is 18.2 Å². The number of carbonyl (C=O) groups is 2. The minimum atomic E-state index is -5.27. The first kappa shape index (κ1) is 26.4. The Kier molecular flexibility index (Phi) is 7.46. The smallest absolute Gasteiger partial charge is 0.422 e. The zero-order chi connectivity index (χ0) is 26.8. The third-order valence-corrected chi connectivity index (χ3v) is 4.98. The Labute approximate surface area is 200 Å². The van der Waals surface area contributed by atoms with E-state index in [-0.39, 0.29) is 16.8 Å². The molecule has 0 spiro atoms. The molecular formula is C24H17F6NO5. The number of methoxy groups -OCH3 is 2. The van der Waals surface area contributed by atoms with Gasteiger partial charge in [-0.25, -0.2) is 18.0 Å². The van der Waals surface area contributed by atoms with Crippen molar-refractivity contribution in [3.8, 4) is 17.2 Å². The van der Waals surface area contributed by atoms with E-state index in [9.17, 15) is 31.5 Å². The number of hydrogen-bond donors (Lipinski definition) is 1. The van der Waals surface area contributed by atoms with E-state index >= 15 is 4.39 Å². The average molecular weight is 513 g/mol. The molecule has 36 heavy (non-hydrogen) atoms. The first-order chi connectivity index (χ1) is 16.9. The molecule has 0 radical (unpaired) electrons. The maximum Gasteiger partial charge on any atom is 0.422 e. The van der Waals surface area contributed by atoms with E-state index in [0.717, 1.165) is 33.3 Å². The number of hydrogen-bond acceptors (Lipinski definition) is 5. The SMILES string of the molecule is COC(=O)c1cccc(NC(=O)c2c(Oc3ccc(F)c(F)c3C)cc(OC)c(C(F)(F)F)c2F)c1. The maximum absolute atomic E-state index is 15.3. The van der Waals surface area contributed by atoms with Crippen molar-refractivity contribution in [2.75, 3.05) is 19.5 Å². The second-order valence-electron chi connectivity index (χ2n) is 7.25. The van der Waals surface area contributed by atoms with Crippen LogP contribution in [0.5, 0.6) is 17.2 Å². The van der Waals surface area contributed by atoms with Gasteiger partial charge in [-0.1, -0.05) is 6.07 Å². The number of ether oxygens (including phenoxy) is 3. The minimum Gasteiger partial charge on any atom is -0.496 e. The molecule has 0 aliphatic carbocycles. The monoisotopic (exact) mass is 513 g/mol. The molecule has 12 heteroatoms. The third-order valence-electron chi connectivity index (χ3n) is 4.98. The van der Waals surface area contributed by atoms with Gasteiger partial charge < -0.3 is 19.5 Å². The van der Waals surface area contributed by atoms with Crippen LogP contribution in [0.1, 0.15) is 31.8 Å². The molecule has 0 fully saturated rings. The van der Waals surface area contributed by atoms with Gasteiger partial charge in [0.2, 0.25) is 0 Å². The van der Waals surface area contributed by atoms with Gasteiger partial charge in [-0.05, 0) is 37.3 Å². The molecule has 0 saturated carbocycles. The van der Waals surface area contributed by atoms with Crippen molar-refractivity contribution in [1.82, 2.24) is 0 Å². The standard InChI is InChI=1S/C24H17F6NO5/c1-11-15(8-7-14(25)20(11)26)36-16-10-17(34-2)19(24(28,29)30)21(27)18(16)22(32)31-13-6-4-5-12(9-13)23(33)35-3/h4-10H,1-3H3,(H,31,32). The molecule has 3 aromatic rings. The summed E-state index contributed by atoms with van der Waals surface area (Å²) in [5.41, 5.74) is -3.55. The Hall–Kier alpha value is -4.22. The molecule has 0 heterocycles. The van der Waals surface area contributed by atoms with E-state index in [0.29, 0.717) is 12.1 Å². The van der Waals surface area contributed by atoms with Crippen molar-refractivity contribution in [2.45, 2.75) is 13.1 Å². The first-order valence-electron chi connectivity index (χ1n) is 9.98. The number of carbonyl (C=O) groups excluding carboxylic acids is 2. The van der Waals surface area contributed by atoms with Gasteiger partial charge in [0.15, 0.2) is 17.5 Å². The van der Waals surface area contributed by atoms with Crippen molar-refractivity contribution in [3.63, 3.8) is 0 Å². The van der Waals surface area contributed by atoms with Crippen LogP contribution < -0.4 is 14.8 Å². The number of nitrogens with one attached hydrogen (secondary N) is 1. The third kappa shape index (κ3) is 5.21. The van der Waals surface area contributed by atoms with Gasteiger partial charge in [-0.2, -0.15) is 13.2 Å². The molecule has 0 saturated heterocycles. The van der Waals surface area contributed by atoms with E-state index in [1.54, 1.807) is 0 Å². The summed E-state index contributed by atoms with van der Waals surface area (Å²) in [6, 6.07) is 7.37. The van der Waals surface area contributed by atoms with Crippen LogP contribution in [-0.4, -0.2) is 26.1 Å². The maximum atomic E-state index is 15.3. The summed E-state index contributed by atoms with van der Waals surface area (Å²) in [7, 11) is 1.96. The second kappa shape index (κ2) is 10.2. The number of rotatable bonds is 6. The number of benzene rings is 3. The fourth-order valence-electron chi connectivity index (χ4n) is 3.22. The highest BCUT2D eigenvalue weighted by Gasteiger charge is 2.41. The van der Waals surface area contributed by atoms with Gasteiger partial charge in [-0.3, -0.25) is 4.79 Å². The van der Waals surface area contributed by atoms with Crippen molar-refractivity contribution < 1.29 is 50.1 Å². The van der Waals surface area contributed by atoms with Crippen LogP contribution in [-0.2, 0) is 10.9 Å². The second-order valence-corrected chi connectivity index (χ2v) is 7.25. The van der Waals surface area contributed by atoms with Gasteiger partial charge in [0.25, 0.3) is 5.91 Å². The van der Waals surface area contributed by atoms with Crippen LogP contribution in [0.2, 0.25) is 0 Å². The lowest BCUT2D eigenvalue weighted by atomic mass is 10.0. The Morgan fingerprint density at radius 1 is 0.889 bits per heavy atom. The summed E-state index contributed by atoms with van der Waals surface area (Å²) in [5.74, 6) is -8.89. The van der Waals surface area contributed by atoms with Crippen molar-refractivity contribution >= 4 is 17.6 Å².